The number of benzene rings is 1. The third-order valence-electron chi connectivity index (χ3n) is 5.12. The molecule has 0 bridgehead atoms. The normalized spacial score (nSPS) is 21.7. The quantitative estimate of drug-likeness (QED) is 0.841. The van der Waals surface area contributed by atoms with Crippen LogP contribution in [0.3, 0.4) is 0 Å². The van der Waals surface area contributed by atoms with Gasteiger partial charge in [0.1, 0.15) is 0 Å². The zero-order valence-corrected chi connectivity index (χ0v) is 14.5. The number of carbonyl (C=O) groups excluding carboxylic acids is 1. The highest BCUT2D eigenvalue weighted by Gasteiger charge is 2.22. The second-order valence-electron chi connectivity index (χ2n) is 6.98. The van der Waals surface area contributed by atoms with E-state index in [0.717, 1.165) is 39.1 Å². The predicted octanol–water partition coefficient (Wildman–Crippen LogP) is 2.30. The second-order valence-corrected chi connectivity index (χ2v) is 6.98. The van der Waals surface area contributed by atoms with Gasteiger partial charge in [0.05, 0.1) is 0 Å². The van der Waals surface area contributed by atoms with Gasteiger partial charge in [-0.3, -0.25) is 0 Å². The monoisotopic (exact) mass is 330 g/mol. The van der Waals surface area contributed by atoms with E-state index in [0.29, 0.717) is 5.92 Å². The fourth-order valence-corrected chi connectivity index (χ4v) is 3.68. The highest BCUT2D eigenvalue weighted by Crippen LogP contribution is 2.22. The molecule has 2 amide bonds. The Morgan fingerprint density at radius 3 is 2.62 bits per heavy atom. The lowest BCUT2D eigenvalue weighted by atomic mass is 10.1. The zero-order chi connectivity index (χ0) is 16.6. The van der Waals surface area contributed by atoms with Crippen LogP contribution in [0.15, 0.2) is 30.3 Å². The number of anilines is 1. The molecule has 2 N–H and O–H groups in total. The molecule has 0 aliphatic carbocycles. The first-order valence-corrected chi connectivity index (χ1v) is 9.35. The smallest absolute Gasteiger partial charge is 0.314 e. The average Bonchev–Trinajstić information content (AvgIpc) is 3.11. The van der Waals surface area contributed by atoms with Gasteiger partial charge in [-0.1, -0.05) is 24.6 Å². The van der Waals surface area contributed by atoms with E-state index in [1.165, 1.54) is 38.0 Å². The topological polar surface area (TPSA) is 47.6 Å². The Morgan fingerprint density at radius 2 is 1.83 bits per heavy atom. The Hall–Kier alpha value is -1.75. The van der Waals surface area contributed by atoms with E-state index in [-0.39, 0.29) is 6.03 Å². The standard InChI is InChI=1S/C19H30N4O/c24-19(20-10-14-22-11-5-2-6-12-22)21-15-17-9-13-23(16-17)18-7-3-1-4-8-18/h1,3-4,7-8,17H,2,5-6,9-16H2,(H2,20,21,24)/t17-/m1/s1. The van der Waals surface area contributed by atoms with Crippen molar-refractivity contribution in [1.82, 2.24) is 15.5 Å². The van der Waals surface area contributed by atoms with Crippen LogP contribution in [0.2, 0.25) is 0 Å². The van der Waals surface area contributed by atoms with Crippen LogP contribution in [0.5, 0.6) is 0 Å². The van der Waals surface area contributed by atoms with E-state index in [1.807, 2.05) is 6.07 Å². The van der Waals surface area contributed by atoms with Gasteiger partial charge in [-0.2, -0.15) is 0 Å². The Balaban J connectivity index is 1.29. The summed E-state index contributed by atoms with van der Waals surface area (Å²) in [5.41, 5.74) is 1.28. The number of nitrogens with one attached hydrogen (secondary N) is 2. The summed E-state index contributed by atoms with van der Waals surface area (Å²) < 4.78 is 0. The van der Waals surface area contributed by atoms with E-state index in [9.17, 15) is 4.79 Å². The van der Waals surface area contributed by atoms with Gasteiger partial charge >= 0.3 is 6.03 Å². The summed E-state index contributed by atoms with van der Waals surface area (Å²) in [7, 11) is 0. The summed E-state index contributed by atoms with van der Waals surface area (Å²) in [4.78, 5) is 16.8. The zero-order valence-electron chi connectivity index (χ0n) is 14.5. The Morgan fingerprint density at radius 1 is 1.04 bits per heavy atom. The molecule has 132 valence electrons. The molecular weight excluding hydrogens is 300 g/mol. The summed E-state index contributed by atoms with van der Waals surface area (Å²) in [5, 5.41) is 6.03. The van der Waals surface area contributed by atoms with E-state index in [2.05, 4.69) is 44.7 Å². The molecule has 1 aromatic rings. The molecule has 0 radical (unpaired) electrons. The van der Waals surface area contributed by atoms with Crippen LogP contribution in [0.4, 0.5) is 10.5 Å². The van der Waals surface area contributed by atoms with E-state index in [1.54, 1.807) is 0 Å². The molecule has 1 aromatic carbocycles. The van der Waals surface area contributed by atoms with Gasteiger partial charge in [-0.25, -0.2) is 4.79 Å². The predicted molar refractivity (Wildman–Crippen MR) is 98.5 cm³/mol. The molecule has 5 nitrogen and oxygen atoms in total. The molecule has 24 heavy (non-hydrogen) atoms. The highest BCUT2D eigenvalue weighted by atomic mass is 16.2. The summed E-state index contributed by atoms with van der Waals surface area (Å²) in [6.45, 7) is 6.94. The summed E-state index contributed by atoms with van der Waals surface area (Å²) in [6, 6.07) is 10.5. The van der Waals surface area contributed by atoms with Crippen molar-refractivity contribution in [3.63, 3.8) is 0 Å². The molecule has 2 saturated heterocycles. The number of carbonyl (C=O) groups is 1. The van der Waals surface area contributed by atoms with Gasteiger partial charge in [0.2, 0.25) is 0 Å². The molecule has 2 aliphatic rings. The number of hydrogen-bond acceptors (Lipinski definition) is 3. The van der Waals surface area contributed by atoms with Gasteiger partial charge < -0.3 is 20.4 Å². The van der Waals surface area contributed by atoms with Crippen LogP contribution >= 0.6 is 0 Å². The first kappa shape index (κ1) is 17.1. The van der Waals surface area contributed by atoms with Crippen LogP contribution in [0.1, 0.15) is 25.7 Å². The molecular formula is C19H30N4O. The van der Waals surface area contributed by atoms with Crippen molar-refractivity contribution in [2.75, 3.05) is 50.7 Å². The first-order valence-electron chi connectivity index (χ1n) is 9.35. The Labute approximate surface area is 145 Å². The minimum atomic E-state index is -0.0230. The lowest BCUT2D eigenvalue weighted by molar-refractivity contribution is 0.220. The van der Waals surface area contributed by atoms with Gasteiger partial charge in [0, 0.05) is 38.4 Å². The first-order chi connectivity index (χ1) is 11.8. The van der Waals surface area contributed by atoms with Crippen molar-refractivity contribution < 1.29 is 4.79 Å². The van der Waals surface area contributed by atoms with Crippen LogP contribution in [-0.2, 0) is 0 Å². The number of amides is 2. The van der Waals surface area contributed by atoms with Crippen molar-refractivity contribution in [2.24, 2.45) is 5.92 Å². The molecule has 1 atom stereocenters. The summed E-state index contributed by atoms with van der Waals surface area (Å²) in [5.74, 6) is 0.540. The molecule has 2 fully saturated rings. The molecule has 2 aliphatic heterocycles. The van der Waals surface area contributed by atoms with Crippen molar-refractivity contribution in [1.29, 1.82) is 0 Å². The number of likely N-dealkylation sites (tertiary alicyclic amines) is 1. The summed E-state index contributed by atoms with van der Waals surface area (Å²) in [6.07, 6.45) is 5.09. The van der Waals surface area contributed by atoms with Crippen LogP contribution in [0.25, 0.3) is 0 Å². The lowest BCUT2D eigenvalue weighted by Crippen LogP contribution is -2.43. The van der Waals surface area contributed by atoms with Crippen molar-refractivity contribution in [3.05, 3.63) is 30.3 Å². The van der Waals surface area contributed by atoms with Crippen LogP contribution in [0, 0.1) is 5.92 Å². The van der Waals surface area contributed by atoms with Crippen LogP contribution < -0.4 is 15.5 Å². The van der Waals surface area contributed by atoms with E-state index < -0.39 is 0 Å². The SMILES string of the molecule is O=C(NCCN1CCCCC1)NC[C@H]1CCN(c2ccccc2)C1. The highest BCUT2D eigenvalue weighted by molar-refractivity contribution is 5.73. The second kappa shape index (κ2) is 8.92. The minimum absolute atomic E-state index is 0.0230. The molecule has 2 heterocycles. The minimum Gasteiger partial charge on any atom is -0.371 e. The van der Waals surface area contributed by atoms with Gasteiger partial charge in [-0.15, -0.1) is 0 Å². The number of para-hydroxylation sites is 1. The number of urea groups is 1. The van der Waals surface area contributed by atoms with Crippen molar-refractivity contribution in [2.45, 2.75) is 25.7 Å². The molecule has 5 heteroatoms. The van der Waals surface area contributed by atoms with Gasteiger partial charge in [-0.05, 0) is 50.4 Å². The van der Waals surface area contributed by atoms with Gasteiger partial charge in [0.15, 0.2) is 0 Å². The molecule has 0 saturated carbocycles. The lowest BCUT2D eigenvalue weighted by Gasteiger charge is -2.26. The molecule has 3 rings (SSSR count). The van der Waals surface area contributed by atoms with Crippen molar-refractivity contribution in [3.8, 4) is 0 Å². The van der Waals surface area contributed by atoms with Crippen LogP contribution in [-0.4, -0.2) is 56.7 Å². The maximum atomic E-state index is 11.9. The maximum absolute atomic E-state index is 11.9. The third-order valence-corrected chi connectivity index (χ3v) is 5.12. The number of nitrogens with zero attached hydrogens (tertiary/aromatic N) is 2. The van der Waals surface area contributed by atoms with E-state index in [4.69, 9.17) is 0 Å². The average molecular weight is 330 g/mol. The summed E-state index contributed by atoms with van der Waals surface area (Å²) >= 11 is 0. The fraction of sp³-hybridized carbons (Fsp3) is 0.632. The Bertz CT molecular complexity index is 501. The Kier molecular flexibility index (Phi) is 6.35. The number of hydrogen-bond donors (Lipinski definition) is 2. The van der Waals surface area contributed by atoms with Crippen molar-refractivity contribution >= 4 is 11.7 Å². The molecule has 0 aromatic heterocycles. The maximum Gasteiger partial charge on any atom is 0.314 e. The van der Waals surface area contributed by atoms with E-state index >= 15 is 0 Å². The number of piperidine rings is 1. The third kappa shape index (κ3) is 5.13. The molecule has 0 unspecified atom stereocenters. The largest absolute Gasteiger partial charge is 0.371 e. The molecule has 0 spiro atoms. The fourth-order valence-electron chi connectivity index (χ4n) is 3.68. The van der Waals surface area contributed by atoms with Gasteiger partial charge in [0.25, 0.3) is 0 Å². The number of rotatable bonds is 6.